The van der Waals surface area contributed by atoms with Crippen LogP contribution < -0.4 is 51.4 Å². The molecule has 1 unspecified atom stereocenters. The van der Waals surface area contributed by atoms with E-state index in [0.717, 1.165) is 25.1 Å². The van der Waals surface area contributed by atoms with Crippen molar-refractivity contribution >= 4 is 6.29 Å². The van der Waals surface area contributed by atoms with Crippen LogP contribution in [0.3, 0.4) is 0 Å². The zero-order valence-electron chi connectivity index (χ0n) is 19.3. The fraction of sp³-hybridized carbons (Fsp3) is 0.259. The van der Waals surface area contributed by atoms with E-state index < -0.39 is 0 Å². The molecule has 31 heavy (non-hydrogen) atoms. The summed E-state index contributed by atoms with van der Waals surface area (Å²) in [6.07, 6.45) is 5.98. The third-order valence-corrected chi connectivity index (χ3v) is 5.02. The van der Waals surface area contributed by atoms with Gasteiger partial charge < -0.3 is 28.5 Å². The molecule has 0 N–H and O–H groups in total. The van der Waals surface area contributed by atoms with Crippen molar-refractivity contribution in [3.8, 4) is 0 Å². The van der Waals surface area contributed by atoms with E-state index in [4.69, 9.17) is 0 Å². The first-order valence-corrected chi connectivity index (χ1v) is 10.3. The Labute approximate surface area is 230 Å². The minimum absolute atomic E-state index is 0. The first-order valence-electron chi connectivity index (χ1n) is 10.3. The maximum Gasteiger partial charge on any atom is 1.00 e. The molecule has 0 aliphatic heterocycles. The molecular formula is C27H31KN2O-2. The molecule has 0 saturated heterocycles. The van der Waals surface area contributed by atoms with Gasteiger partial charge >= 0.3 is 51.4 Å². The van der Waals surface area contributed by atoms with Crippen molar-refractivity contribution in [3.05, 3.63) is 114 Å². The third kappa shape index (κ3) is 8.37. The molecule has 1 atom stereocenters. The minimum atomic E-state index is 0. The Bertz CT molecular complexity index is 924. The van der Waals surface area contributed by atoms with Gasteiger partial charge in [0.15, 0.2) is 0 Å². The van der Waals surface area contributed by atoms with E-state index in [0.29, 0.717) is 5.56 Å². The average Bonchev–Trinajstić information content (AvgIpc) is 2.78. The largest absolute Gasteiger partial charge is 1.00 e. The van der Waals surface area contributed by atoms with Gasteiger partial charge in [0.25, 0.3) is 0 Å². The van der Waals surface area contributed by atoms with Crippen molar-refractivity contribution < 1.29 is 56.2 Å². The van der Waals surface area contributed by atoms with E-state index in [1.807, 2.05) is 6.92 Å². The summed E-state index contributed by atoms with van der Waals surface area (Å²) in [5, 5.41) is 0. The molecule has 1 heterocycles. The number of rotatable bonds is 7. The molecule has 0 aliphatic rings. The Morgan fingerprint density at radius 2 is 1.65 bits per heavy atom. The predicted molar refractivity (Wildman–Crippen MR) is 125 cm³/mol. The molecule has 3 aromatic rings. The molecule has 0 aliphatic carbocycles. The van der Waals surface area contributed by atoms with Crippen molar-refractivity contribution in [2.24, 2.45) is 0 Å². The molecule has 1 aromatic heterocycles. The Kier molecular flexibility index (Phi) is 13.3. The van der Waals surface area contributed by atoms with Crippen LogP contribution in [0.15, 0.2) is 67.0 Å². The van der Waals surface area contributed by atoms with Gasteiger partial charge in [-0.1, -0.05) is 72.8 Å². The van der Waals surface area contributed by atoms with Crippen LogP contribution in [-0.4, -0.2) is 29.3 Å². The molecular weight excluding hydrogens is 407 g/mol. The Morgan fingerprint density at radius 3 is 2.16 bits per heavy atom. The van der Waals surface area contributed by atoms with Crippen molar-refractivity contribution in [2.45, 2.75) is 33.2 Å². The standard InChI is InChI=1S/C20H25N.C7H6NO.K/c1-5-17-14-13-16(4)15-19(17)20(21(6-2)7-3)18-11-9-8-10-12-18;1-6-2-7(5-9)4-8-3-6;/h8-15,20H,2-3,5-7H2,1,4H3;2-4H,1H3;/q-2;-1;+1. The number of aryl methyl sites for hydroxylation is 3. The van der Waals surface area contributed by atoms with Gasteiger partial charge in [0, 0.05) is 6.20 Å². The second-order valence-corrected chi connectivity index (χ2v) is 7.26. The summed E-state index contributed by atoms with van der Waals surface area (Å²) >= 11 is 0. The van der Waals surface area contributed by atoms with Crippen LogP contribution >= 0.6 is 0 Å². The molecule has 3 nitrogen and oxygen atoms in total. The molecule has 0 saturated carbocycles. The normalized spacial score (nSPS) is 11.2. The van der Waals surface area contributed by atoms with Crippen molar-refractivity contribution in [1.82, 2.24) is 9.88 Å². The van der Waals surface area contributed by atoms with Gasteiger partial charge in [0.1, 0.15) is 0 Å². The zero-order chi connectivity index (χ0) is 21.9. The number of hydrogen-bond donors (Lipinski definition) is 0. The summed E-state index contributed by atoms with van der Waals surface area (Å²) in [6.45, 7) is 15.9. The van der Waals surface area contributed by atoms with Crippen molar-refractivity contribution in [2.75, 3.05) is 13.1 Å². The number of carbonyl (C=O) groups excluding carboxylic acids is 1. The Hall–Kier alpha value is -1.14. The maximum atomic E-state index is 9.99. The smallest absolute Gasteiger partial charge is 0.376 e. The molecule has 0 radical (unpaired) electrons. The van der Waals surface area contributed by atoms with Crippen molar-refractivity contribution in [3.63, 3.8) is 0 Å². The van der Waals surface area contributed by atoms with Gasteiger partial charge in [-0.05, 0) is 37.0 Å². The number of nitrogens with zero attached hydrogens (tertiary/aromatic N) is 2. The van der Waals surface area contributed by atoms with E-state index in [2.05, 4.69) is 86.1 Å². The monoisotopic (exact) mass is 438 g/mol. The van der Waals surface area contributed by atoms with E-state index in [-0.39, 0.29) is 57.4 Å². The maximum absolute atomic E-state index is 9.99. The Balaban J connectivity index is 0.000000404. The van der Waals surface area contributed by atoms with Gasteiger partial charge in [0.2, 0.25) is 0 Å². The molecule has 4 heteroatoms. The molecule has 0 spiro atoms. The summed E-state index contributed by atoms with van der Waals surface area (Å²) < 4.78 is 0. The van der Waals surface area contributed by atoms with E-state index >= 15 is 0 Å². The summed E-state index contributed by atoms with van der Waals surface area (Å²) in [5.74, 6) is 0. The van der Waals surface area contributed by atoms with Crippen LogP contribution in [0.4, 0.5) is 0 Å². The molecule has 0 fully saturated rings. The summed E-state index contributed by atoms with van der Waals surface area (Å²) in [4.78, 5) is 16.1. The first-order chi connectivity index (χ1) is 14.5. The fourth-order valence-electron chi connectivity index (χ4n) is 3.49. The zero-order valence-corrected chi connectivity index (χ0v) is 22.4. The second kappa shape index (κ2) is 14.8. The molecule has 3 rings (SSSR count). The predicted octanol–water partition coefficient (Wildman–Crippen LogP) is 2.47. The van der Waals surface area contributed by atoms with Crippen LogP contribution in [0, 0.1) is 27.7 Å². The number of aromatic nitrogens is 1. The van der Waals surface area contributed by atoms with Gasteiger partial charge in [-0.25, -0.2) is 0 Å². The summed E-state index contributed by atoms with van der Waals surface area (Å²) in [7, 11) is 0. The summed E-state index contributed by atoms with van der Waals surface area (Å²) in [5.41, 5.74) is 6.89. The van der Waals surface area contributed by atoms with Gasteiger partial charge in [-0.3, -0.25) is 0 Å². The fourth-order valence-corrected chi connectivity index (χ4v) is 3.49. The number of pyridine rings is 1. The molecule has 0 amide bonds. The Morgan fingerprint density at radius 1 is 0.968 bits per heavy atom. The van der Waals surface area contributed by atoms with Crippen LogP contribution in [0.25, 0.3) is 0 Å². The van der Waals surface area contributed by atoms with E-state index in [9.17, 15) is 4.79 Å². The van der Waals surface area contributed by atoms with Gasteiger partial charge in [0.05, 0.1) is 12.3 Å². The molecule has 158 valence electrons. The van der Waals surface area contributed by atoms with Crippen LogP contribution in [0.5, 0.6) is 0 Å². The number of hydrogen-bond acceptors (Lipinski definition) is 3. The second-order valence-electron chi connectivity index (χ2n) is 7.26. The van der Waals surface area contributed by atoms with Gasteiger partial charge in [-0.15, -0.1) is 18.7 Å². The van der Waals surface area contributed by atoms with Crippen LogP contribution in [0.2, 0.25) is 0 Å². The SMILES string of the molecule is Cc1cncc([C-]=O)c1.[CH2-]CN(C[CH2-])C(c1ccccc1)c1cc(C)ccc1CC.[K+]. The quantitative estimate of drug-likeness (QED) is 0.420. The van der Waals surface area contributed by atoms with Crippen molar-refractivity contribution in [1.29, 1.82) is 0 Å². The van der Waals surface area contributed by atoms with Crippen LogP contribution in [-0.2, 0) is 11.2 Å². The van der Waals surface area contributed by atoms with Crippen LogP contribution in [0.1, 0.15) is 46.3 Å². The molecule has 0 bridgehead atoms. The average molecular weight is 439 g/mol. The summed E-state index contributed by atoms with van der Waals surface area (Å²) in [6, 6.07) is 19.4. The topological polar surface area (TPSA) is 33.2 Å². The third-order valence-electron chi connectivity index (χ3n) is 5.02. The van der Waals surface area contributed by atoms with Gasteiger partial charge in [-0.2, -0.15) is 6.07 Å². The van der Waals surface area contributed by atoms with E-state index in [1.165, 1.54) is 28.5 Å². The minimum Gasteiger partial charge on any atom is -0.376 e. The van der Waals surface area contributed by atoms with E-state index in [1.54, 1.807) is 18.5 Å². The number of benzene rings is 2. The first kappa shape index (κ1) is 27.9. The molecule has 2 aromatic carbocycles.